The normalized spacial score (nSPS) is 12.3. The summed E-state index contributed by atoms with van der Waals surface area (Å²) in [5.74, 6) is -0.114. The minimum Gasteiger partial charge on any atom is -0.346 e. The van der Waals surface area contributed by atoms with Crippen molar-refractivity contribution < 1.29 is 4.79 Å². The highest BCUT2D eigenvalue weighted by Crippen LogP contribution is 2.26. The Morgan fingerprint density at radius 2 is 2.00 bits per heavy atom. The van der Waals surface area contributed by atoms with Crippen molar-refractivity contribution in [2.45, 2.75) is 13.0 Å². The molecule has 0 radical (unpaired) electrons. The largest absolute Gasteiger partial charge is 0.346 e. The first-order chi connectivity index (χ1) is 10.1. The van der Waals surface area contributed by atoms with E-state index in [1.165, 1.54) is 11.3 Å². The molecule has 0 aliphatic heterocycles. The fourth-order valence-electron chi connectivity index (χ4n) is 2.15. The van der Waals surface area contributed by atoms with Gasteiger partial charge in [-0.15, -0.1) is 11.3 Å². The molecule has 1 heterocycles. The quantitative estimate of drug-likeness (QED) is 0.776. The maximum Gasteiger partial charge on any atom is 0.251 e. The standard InChI is InChI=1S/C16H13ClN2OS/c1-10(11-5-3-2-4-6-11)18-15(20)12-7-8-14-13(9-12)19-16(17)21-14/h2-10H,1H3,(H,18,20)/t10-/m0/s1. The summed E-state index contributed by atoms with van der Waals surface area (Å²) in [5.41, 5.74) is 2.42. The number of amides is 1. The number of thiazole rings is 1. The van der Waals surface area contributed by atoms with Gasteiger partial charge in [-0.2, -0.15) is 0 Å². The molecule has 0 aliphatic rings. The minimum absolute atomic E-state index is 0.0478. The molecule has 1 aromatic heterocycles. The molecule has 21 heavy (non-hydrogen) atoms. The van der Waals surface area contributed by atoms with Crippen molar-refractivity contribution in [2.24, 2.45) is 0 Å². The molecule has 0 aliphatic carbocycles. The lowest BCUT2D eigenvalue weighted by molar-refractivity contribution is 0.0940. The molecule has 0 spiro atoms. The van der Waals surface area contributed by atoms with Crippen LogP contribution in [0.2, 0.25) is 4.47 Å². The van der Waals surface area contributed by atoms with Crippen LogP contribution in [0.25, 0.3) is 10.2 Å². The van der Waals surface area contributed by atoms with Crippen molar-refractivity contribution in [3.05, 3.63) is 64.1 Å². The molecule has 3 rings (SSSR count). The molecule has 0 bridgehead atoms. The van der Waals surface area contributed by atoms with Gasteiger partial charge in [0.15, 0.2) is 4.47 Å². The van der Waals surface area contributed by atoms with Gasteiger partial charge in [-0.25, -0.2) is 4.98 Å². The summed E-state index contributed by atoms with van der Waals surface area (Å²) in [7, 11) is 0. The fourth-order valence-corrected chi connectivity index (χ4v) is 3.16. The molecule has 0 fully saturated rings. The second-order valence-electron chi connectivity index (χ2n) is 4.76. The van der Waals surface area contributed by atoms with E-state index >= 15 is 0 Å². The molecule has 3 nitrogen and oxygen atoms in total. The zero-order valence-electron chi connectivity index (χ0n) is 11.3. The summed E-state index contributed by atoms with van der Waals surface area (Å²) < 4.78 is 1.47. The highest BCUT2D eigenvalue weighted by atomic mass is 35.5. The van der Waals surface area contributed by atoms with Crippen molar-refractivity contribution in [1.82, 2.24) is 10.3 Å². The summed E-state index contributed by atoms with van der Waals surface area (Å²) in [6.45, 7) is 1.96. The fraction of sp³-hybridized carbons (Fsp3) is 0.125. The van der Waals surface area contributed by atoms with Gasteiger partial charge in [0.05, 0.1) is 16.3 Å². The van der Waals surface area contributed by atoms with E-state index in [1.54, 1.807) is 12.1 Å². The minimum atomic E-state index is -0.114. The average Bonchev–Trinajstić information content (AvgIpc) is 2.87. The summed E-state index contributed by atoms with van der Waals surface area (Å²) in [6, 6.07) is 15.3. The van der Waals surface area contributed by atoms with E-state index in [2.05, 4.69) is 10.3 Å². The van der Waals surface area contributed by atoms with Gasteiger partial charge in [0.1, 0.15) is 0 Å². The van der Waals surface area contributed by atoms with E-state index in [-0.39, 0.29) is 11.9 Å². The Kier molecular flexibility index (Phi) is 3.90. The van der Waals surface area contributed by atoms with E-state index in [9.17, 15) is 4.79 Å². The number of nitrogens with one attached hydrogen (secondary N) is 1. The van der Waals surface area contributed by atoms with Crippen molar-refractivity contribution in [3.63, 3.8) is 0 Å². The number of carbonyl (C=O) groups is 1. The number of nitrogens with zero attached hydrogens (tertiary/aromatic N) is 1. The van der Waals surface area contributed by atoms with Crippen LogP contribution in [0.4, 0.5) is 0 Å². The second-order valence-corrected chi connectivity index (χ2v) is 6.37. The summed E-state index contributed by atoms with van der Waals surface area (Å²) in [5, 5.41) is 2.99. The SMILES string of the molecule is C[C@H](NC(=O)c1ccc2sc(Cl)nc2c1)c1ccccc1. The third-order valence-corrected chi connectivity index (χ3v) is 4.41. The van der Waals surface area contributed by atoms with Gasteiger partial charge in [0.2, 0.25) is 0 Å². The predicted molar refractivity (Wildman–Crippen MR) is 87.0 cm³/mol. The van der Waals surface area contributed by atoms with Gasteiger partial charge in [-0.3, -0.25) is 4.79 Å². The van der Waals surface area contributed by atoms with Crippen molar-refractivity contribution >= 4 is 39.1 Å². The number of carbonyl (C=O) groups excluding carboxylic acids is 1. The molecule has 1 amide bonds. The van der Waals surface area contributed by atoms with Gasteiger partial charge in [0, 0.05) is 5.56 Å². The lowest BCUT2D eigenvalue weighted by Gasteiger charge is -2.14. The molecule has 0 unspecified atom stereocenters. The molecule has 3 aromatic rings. The Balaban J connectivity index is 1.80. The highest BCUT2D eigenvalue weighted by molar-refractivity contribution is 7.22. The maximum atomic E-state index is 12.3. The van der Waals surface area contributed by atoms with Crippen molar-refractivity contribution in [1.29, 1.82) is 0 Å². The van der Waals surface area contributed by atoms with Crippen LogP contribution in [0.3, 0.4) is 0 Å². The molecule has 0 saturated heterocycles. The van der Waals surface area contributed by atoms with Crippen LogP contribution in [-0.2, 0) is 0 Å². The summed E-state index contributed by atoms with van der Waals surface area (Å²) >= 11 is 7.29. The molecular weight excluding hydrogens is 304 g/mol. The summed E-state index contributed by atoms with van der Waals surface area (Å²) in [6.07, 6.45) is 0. The van der Waals surface area contributed by atoms with Crippen LogP contribution in [0.5, 0.6) is 0 Å². The van der Waals surface area contributed by atoms with Crippen molar-refractivity contribution in [3.8, 4) is 0 Å². The molecule has 1 N–H and O–H groups in total. The zero-order chi connectivity index (χ0) is 14.8. The predicted octanol–water partition coefficient (Wildman–Crippen LogP) is 4.44. The van der Waals surface area contributed by atoms with Gasteiger partial charge < -0.3 is 5.32 Å². The Hall–Kier alpha value is -1.91. The van der Waals surface area contributed by atoms with Gasteiger partial charge in [-0.05, 0) is 30.7 Å². The third-order valence-electron chi connectivity index (χ3n) is 3.27. The van der Waals surface area contributed by atoms with Crippen LogP contribution < -0.4 is 5.32 Å². The number of hydrogen-bond donors (Lipinski definition) is 1. The van der Waals surface area contributed by atoms with E-state index < -0.39 is 0 Å². The number of benzene rings is 2. The van der Waals surface area contributed by atoms with E-state index in [0.29, 0.717) is 10.0 Å². The lowest BCUT2D eigenvalue weighted by Crippen LogP contribution is -2.26. The molecule has 106 valence electrons. The molecule has 0 saturated carbocycles. The first kappa shape index (κ1) is 14.0. The maximum absolute atomic E-state index is 12.3. The smallest absolute Gasteiger partial charge is 0.251 e. The first-order valence-electron chi connectivity index (χ1n) is 6.55. The van der Waals surface area contributed by atoms with Crippen LogP contribution in [0, 0.1) is 0 Å². The van der Waals surface area contributed by atoms with E-state index in [0.717, 1.165) is 15.8 Å². The van der Waals surface area contributed by atoms with Gasteiger partial charge >= 0.3 is 0 Å². The van der Waals surface area contributed by atoms with Crippen LogP contribution >= 0.6 is 22.9 Å². The van der Waals surface area contributed by atoms with E-state index in [4.69, 9.17) is 11.6 Å². The number of rotatable bonds is 3. The lowest BCUT2D eigenvalue weighted by atomic mass is 10.1. The number of fused-ring (bicyclic) bond motifs is 1. The highest BCUT2D eigenvalue weighted by Gasteiger charge is 2.12. The van der Waals surface area contributed by atoms with Crippen molar-refractivity contribution in [2.75, 3.05) is 0 Å². The molecular formula is C16H13ClN2OS. The van der Waals surface area contributed by atoms with Gasteiger partial charge in [0.25, 0.3) is 5.91 Å². The first-order valence-corrected chi connectivity index (χ1v) is 7.75. The molecule has 5 heteroatoms. The van der Waals surface area contributed by atoms with Crippen LogP contribution in [-0.4, -0.2) is 10.9 Å². The zero-order valence-corrected chi connectivity index (χ0v) is 12.9. The number of hydrogen-bond acceptors (Lipinski definition) is 3. The Morgan fingerprint density at radius 1 is 1.24 bits per heavy atom. The van der Waals surface area contributed by atoms with Gasteiger partial charge in [-0.1, -0.05) is 41.9 Å². The van der Waals surface area contributed by atoms with E-state index in [1.807, 2.05) is 43.3 Å². The third kappa shape index (κ3) is 3.06. The Bertz CT molecular complexity index is 785. The van der Waals surface area contributed by atoms with Crippen LogP contribution in [0.15, 0.2) is 48.5 Å². The monoisotopic (exact) mass is 316 g/mol. The molecule has 2 aromatic carbocycles. The van der Waals surface area contributed by atoms with Crippen LogP contribution in [0.1, 0.15) is 28.9 Å². The Labute approximate surface area is 131 Å². The number of halogens is 1. The second kappa shape index (κ2) is 5.84. The number of aromatic nitrogens is 1. The average molecular weight is 317 g/mol. The summed E-state index contributed by atoms with van der Waals surface area (Å²) in [4.78, 5) is 16.5. The topological polar surface area (TPSA) is 42.0 Å². The Morgan fingerprint density at radius 3 is 2.76 bits per heavy atom. The molecule has 1 atom stereocenters.